The topological polar surface area (TPSA) is 24.9 Å². The minimum absolute atomic E-state index is 0. The van der Waals surface area contributed by atoms with E-state index in [0.29, 0.717) is 0 Å². The largest absolute Gasteiger partial charge is 1.00 e. The van der Waals surface area contributed by atoms with Crippen LogP contribution in [0.4, 0.5) is 0 Å². The minimum Gasteiger partial charge on any atom is -1.00 e. The number of likely N-dealkylation sites (N-methyl/N-ethyl adjacent to an activating group) is 2. The second-order valence-corrected chi connectivity index (χ2v) is 8.57. The average Bonchev–Trinajstić information content (AvgIpc) is 2.73. The Labute approximate surface area is 193 Å². The van der Waals surface area contributed by atoms with Gasteiger partial charge < -0.3 is 52.4 Å². The zero-order chi connectivity index (χ0) is 18.3. The molecule has 0 unspecified atom stereocenters. The lowest BCUT2D eigenvalue weighted by Crippen LogP contribution is -3.00. The summed E-state index contributed by atoms with van der Waals surface area (Å²) in [5.74, 6) is 0. The van der Waals surface area contributed by atoms with Gasteiger partial charge in [0, 0.05) is 39.3 Å². The summed E-state index contributed by atoms with van der Waals surface area (Å²) < 4.78 is 13.7. The molecule has 0 amide bonds. The van der Waals surface area contributed by atoms with Crippen LogP contribution in [0.15, 0.2) is 0 Å². The third-order valence-electron chi connectivity index (χ3n) is 7.43. The highest BCUT2D eigenvalue weighted by molar-refractivity contribution is 4.72. The lowest BCUT2D eigenvalue weighted by Gasteiger charge is -2.44. The van der Waals surface area contributed by atoms with Crippen molar-refractivity contribution in [3.8, 4) is 0 Å². The van der Waals surface area contributed by atoms with E-state index in [1.807, 2.05) is 0 Å². The average molecular weight is 530 g/mol. The molecule has 0 atom stereocenters. The molecule has 3 aliphatic heterocycles. The van der Waals surface area contributed by atoms with Crippen molar-refractivity contribution in [1.29, 1.82) is 0 Å². The van der Waals surface area contributed by atoms with E-state index in [2.05, 4.69) is 23.6 Å². The summed E-state index contributed by atoms with van der Waals surface area (Å²) in [4.78, 5) is 5.39. The molecule has 3 aliphatic rings. The van der Waals surface area contributed by atoms with Gasteiger partial charge in [0.2, 0.25) is 0 Å². The SMILES string of the molecule is CC[N+]1(CCN2CCN(CC[N+]3(CC)CCOCC3)CC2)CCOCC1.[Br-].[Br-]. The first-order valence-corrected chi connectivity index (χ1v) is 11.0. The van der Waals surface area contributed by atoms with E-state index in [1.165, 1.54) is 101 Å². The number of quaternary nitrogens is 2. The van der Waals surface area contributed by atoms with Gasteiger partial charge in [-0.15, -0.1) is 0 Å². The van der Waals surface area contributed by atoms with Crippen LogP contribution < -0.4 is 34.0 Å². The van der Waals surface area contributed by atoms with Gasteiger partial charge in [-0.1, -0.05) is 0 Å². The predicted octanol–water partition coefficient (Wildman–Crippen LogP) is -5.65. The van der Waals surface area contributed by atoms with Crippen LogP contribution in [0.25, 0.3) is 0 Å². The number of morpholine rings is 2. The summed E-state index contributed by atoms with van der Waals surface area (Å²) in [5.41, 5.74) is 0. The molecule has 0 bridgehead atoms. The van der Waals surface area contributed by atoms with E-state index < -0.39 is 0 Å². The molecular weight excluding hydrogens is 488 g/mol. The van der Waals surface area contributed by atoms with Crippen molar-refractivity contribution in [3.63, 3.8) is 0 Å². The van der Waals surface area contributed by atoms with Crippen molar-refractivity contribution in [2.24, 2.45) is 0 Å². The smallest absolute Gasteiger partial charge is 0.102 e. The number of piperazine rings is 1. The van der Waals surface area contributed by atoms with Crippen molar-refractivity contribution in [1.82, 2.24) is 9.80 Å². The maximum atomic E-state index is 5.58. The molecule has 0 spiro atoms. The molecule has 3 heterocycles. The maximum Gasteiger partial charge on any atom is 0.102 e. The van der Waals surface area contributed by atoms with Crippen molar-refractivity contribution < 1.29 is 52.4 Å². The maximum absolute atomic E-state index is 5.58. The Kier molecular flexibility index (Phi) is 12.6. The molecule has 0 saturated carbocycles. The Morgan fingerprint density at radius 3 is 1.21 bits per heavy atom. The molecule has 0 aromatic heterocycles. The standard InChI is InChI=1S/C20H42N4O2.2BrH/c1-3-23(13-17-25-18-14-23)11-9-21-5-7-22(8-6-21)10-12-24(4-2)15-19-26-20-16-24;;/h3-20H2,1-2H3;2*1H/q+2;;/p-2. The summed E-state index contributed by atoms with van der Waals surface area (Å²) in [6.07, 6.45) is 0. The van der Waals surface area contributed by atoms with E-state index in [-0.39, 0.29) is 34.0 Å². The van der Waals surface area contributed by atoms with Crippen molar-refractivity contribution >= 4 is 0 Å². The quantitative estimate of drug-likeness (QED) is 0.293. The molecule has 6 nitrogen and oxygen atoms in total. The number of ether oxygens (including phenoxy) is 2. The number of hydrogen-bond donors (Lipinski definition) is 0. The first-order chi connectivity index (χ1) is 12.7. The van der Waals surface area contributed by atoms with E-state index in [1.54, 1.807) is 0 Å². The van der Waals surface area contributed by atoms with Crippen LogP contribution in [-0.2, 0) is 9.47 Å². The lowest BCUT2D eigenvalue weighted by atomic mass is 10.2. The van der Waals surface area contributed by atoms with Crippen molar-refractivity contribution in [2.75, 3.05) is 118 Å². The minimum atomic E-state index is 0. The summed E-state index contributed by atoms with van der Waals surface area (Å²) in [6, 6.07) is 0. The summed E-state index contributed by atoms with van der Waals surface area (Å²) >= 11 is 0. The van der Waals surface area contributed by atoms with E-state index in [4.69, 9.17) is 9.47 Å². The van der Waals surface area contributed by atoms with Gasteiger partial charge in [-0.2, -0.15) is 0 Å². The molecule has 0 aliphatic carbocycles. The molecule has 3 saturated heterocycles. The van der Waals surface area contributed by atoms with Crippen LogP contribution in [0.5, 0.6) is 0 Å². The van der Waals surface area contributed by atoms with Gasteiger partial charge in [0.1, 0.15) is 26.2 Å². The van der Waals surface area contributed by atoms with Gasteiger partial charge in [-0.05, 0) is 13.8 Å². The number of rotatable bonds is 8. The second-order valence-electron chi connectivity index (χ2n) is 8.57. The molecule has 168 valence electrons. The summed E-state index contributed by atoms with van der Waals surface area (Å²) in [6.45, 7) is 25.9. The third-order valence-corrected chi connectivity index (χ3v) is 7.43. The Bertz CT molecular complexity index is 373. The molecule has 3 fully saturated rings. The van der Waals surface area contributed by atoms with E-state index >= 15 is 0 Å². The van der Waals surface area contributed by atoms with E-state index in [9.17, 15) is 0 Å². The third kappa shape index (κ3) is 7.45. The number of nitrogens with zero attached hydrogens (tertiary/aromatic N) is 4. The van der Waals surface area contributed by atoms with E-state index in [0.717, 1.165) is 26.4 Å². The van der Waals surface area contributed by atoms with Gasteiger partial charge in [0.25, 0.3) is 0 Å². The zero-order valence-corrected chi connectivity index (χ0v) is 21.3. The van der Waals surface area contributed by atoms with Gasteiger partial charge in [-0.3, -0.25) is 9.80 Å². The Morgan fingerprint density at radius 1 is 0.607 bits per heavy atom. The molecular formula is C20H42Br2N4O2. The van der Waals surface area contributed by atoms with Gasteiger partial charge in [0.05, 0.1) is 52.6 Å². The Morgan fingerprint density at radius 2 is 0.929 bits per heavy atom. The first-order valence-electron chi connectivity index (χ1n) is 11.0. The van der Waals surface area contributed by atoms with Gasteiger partial charge >= 0.3 is 0 Å². The van der Waals surface area contributed by atoms with Gasteiger partial charge in [-0.25, -0.2) is 0 Å². The second kappa shape index (κ2) is 13.2. The van der Waals surface area contributed by atoms with Crippen molar-refractivity contribution in [3.05, 3.63) is 0 Å². The zero-order valence-electron chi connectivity index (χ0n) is 18.1. The molecule has 3 rings (SSSR count). The molecule has 0 radical (unpaired) electrons. The van der Waals surface area contributed by atoms with Crippen LogP contribution >= 0.6 is 0 Å². The van der Waals surface area contributed by atoms with Crippen LogP contribution in [0.1, 0.15) is 13.8 Å². The molecule has 28 heavy (non-hydrogen) atoms. The van der Waals surface area contributed by atoms with Crippen LogP contribution in [0.2, 0.25) is 0 Å². The Hall–Kier alpha value is 0.720. The normalized spacial score (nSPS) is 25.5. The Balaban J connectivity index is 0.00000196. The van der Waals surface area contributed by atoms with Crippen LogP contribution in [0.3, 0.4) is 0 Å². The monoisotopic (exact) mass is 528 g/mol. The van der Waals surface area contributed by atoms with Gasteiger partial charge in [0.15, 0.2) is 0 Å². The summed E-state index contributed by atoms with van der Waals surface area (Å²) in [7, 11) is 0. The molecule has 0 N–H and O–H groups in total. The highest BCUT2D eigenvalue weighted by Crippen LogP contribution is 2.14. The number of hydrogen-bond acceptors (Lipinski definition) is 4. The fourth-order valence-corrected chi connectivity index (χ4v) is 4.80. The van der Waals surface area contributed by atoms with Crippen molar-refractivity contribution in [2.45, 2.75) is 13.8 Å². The highest BCUT2D eigenvalue weighted by Gasteiger charge is 2.31. The number of halogens is 2. The molecule has 8 heteroatoms. The highest BCUT2D eigenvalue weighted by atomic mass is 79.9. The fraction of sp³-hybridized carbons (Fsp3) is 1.00. The lowest BCUT2D eigenvalue weighted by molar-refractivity contribution is -0.933. The fourth-order valence-electron chi connectivity index (χ4n) is 4.80. The van der Waals surface area contributed by atoms with Crippen LogP contribution in [-0.4, -0.2) is 137 Å². The predicted molar refractivity (Wildman–Crippen MR) is 105 cm³/mol. The molecule has 0 aromatic rings. The molecule has 0 aromatic carbocycles. The van der Waals surface area contributed by atoms with Crippen LogP contribution in [0, 0.1) is 0 Å². The first kappa shape index (κ1) is 26.8. The summed E-state index contributed by atoms with van der Waals surface area (Å²) in [5, 5.41) is 0.